The monoisotopic (exact) mass is 462 g/mol. The molecular formula is C22H20F6O4. The fraction of sp³-hybridized carbons (Fsp3) is 0.409. The van der Waals surface area contributed by atoms with E-state index in [1.165, 1.54) is 6.92 Å². The molecule has 0 radical (unpaired) electrons. The summed E-state index contributed by atoms with van der Waals surface area (Å²) in [5, 5.41) is 9.61. The van der Waals surface area contributed by atoms with Crippen molar-refractivity contribution >= 4 is 5.97 Å². The number of carboxylic acid groups (broad SMARTS) is 1. The molecule has 10 heteroatoms. The van der Waals surface area contributed by atoms with Gasteiger partial charge in [0, 0.05) is 5.92 Å². The highest BCUT2D eigenvalue weighted by atomic mass is 19.4. The van der Waals surface area contributed by atoms with Crippen LogP contribution in [0.25, 0.3) is 0 Å². The van der Waals surface area contributed by atoms with E-state index in [9.17, 15) is 36.2 Å². The molecule has 0 unspecified atom stereocenters. The molecule has 1 heterocycles. The first kappa shape index (κ1) is 24.1. The van der Waals surface area contributed by atoms with Crippen molar-refractivity contribution in [3.8, 4) is 0 Å². The molecule has 1 aliphatic rings. The summed E-state index contributed by atoms with van der Waals surface area (Å²) in [4.78, 5) is 11.8. The summed E-state index contributed by atoms with van der Waals surface area (Å²) >= 11 is 0. The third kappa shape index (κ3) is 5.42. The SMILES string of the molecule is C[C@@H](O[C@H]1COC[C@@H](C(=O)O)[C@@H]1c1ccccc1)c1cc(C(F)(F)F)cc(C(F)(F)F)c1. The first-order valence-corrected chi connectivity index (χ1v) is 9.68. The molecular weight excluding hydrogens is 442 g/mol. The average Bonchev–Trinajstić information content (AvgIpc) is 2.72. The minimum atomic E-state index is -4.98. The average molecular weight is 462 g/mol. The van der Waals surface area contributed by atoms with Crippen molar-refractivity contribution in [1.82, 2.24) is 0 Å². The topological polar surface area (TPSA) is 55.8 Å². The van der Waals surface area contributed by atoms with Crippen LogP contribution in [0, 0.1) is 5.92 Å². The molecule has 0 bridgehead atoms. The van der Waals surface area contributed by atoms with Crippen molar-refractivity contribution in [2.75, 3.05) is 13.2 Å². The van der Waals surface area contributed by atoms with Crippen LogP contribution in [0.2, 0.25) is 0 Å². The maximum absolute atomic E-state index is 13.2. The molecule has 2 aromatic carbocycles. The minimum absolute atomic E-state index is 0.0488. The van der Waals surface area contributed by atoms with Gasteiger partial charge < -0.3 is 14.6 Å². The second-order valence-corrected chi connectivity index (χ2v) is 7.57. The summed E-state index contributed by atoms with van der Waals surface area (Å²) in [6.07, 6.45) is -12.0. The van der Waals surface area contributed by atoms with Crippen LogP contribution in [0.3, 0.4) is 0 Å². The Balaban J connectivity index is 1.95. The van der Waals surface area contributed by atoms with Gasteiger partial charge in [-0.25, -0.2) is 0 Å². The lowest BCUT2D eigenvalue weighted by Crippen LogP contribution is -2.43. The molecule has 3 rings (SSSR count). The summed E-state index contributed by atoms with van der Waals surface area (Å²) in [6, 6.07) is 9.79. The summed E-state index contributed by atoms with van der Waals surface area (Å²) < 4.78 is 90.3. The number of carbonyl (C=O) groups is 1. The van der Waals surface area contributed by atoms with Crippen LogP contribution >= 0.6 is 0 Å². The zero-order chi connectivity index (χ0) is 23.7. The van der Waals surface area contributed by atoms with Gasteiger partial charge in [0.05, 0.1) is 42.5 Å². The Morgan fingerprint density at radius 2 is 1.56 bits per heavy atom. The lowest BCUT2D eigenvalue weighted by molar-refractivity contribution is -0.159. The molecule has 0 amide bonds. The van der Waals surface area contributed by atoms with Crippen LogP contribution in [-0.4, -0.2) is 30.4 Å². The smallest absolute Gasteiger partial charge is 0.416 e. The highest BCUT2D eigenvalue weighted by molar-refractivity contribution is 5.72. The quantitative estimate of drug-likeness (QED) is 0.581. The van der Waals surface area contributed by atoms with Crippen molar-refractivity contribution in [2.24, 2.45) is 5.92 Å². The second-order valence-electron chi connectivity index (χ2n) is 7.57. The highest BCUT2D eigenvalue weighted by Gasteiger charge is 2.42. The molecule has 0 saturated carbocycles. The molecule has 0 aliphatic carbocycles. The number of rotatable bonds is 5. The van der Waals surface area contributed by atoms with E-state index in [0.29, 0.717) is 17.7 Å². The Labute approximate surface area is 179 Å². The molecule has 32 heavy (non-hydrogen) atoms. The van der Waals surface area contributed by atoms with E-state index >= 15 is 0 Å². The van der Waals surface area contributed by atoms with E-state index < -0.39 is 53.5 Å². The van der Waals surface area contributed by atoms with Crippen LogP contribution in [-0.2, 0) is 26.6 Å². The second kappa shape index (κ2) is 9.11. The minimum Gasteiger partial charge on any atom is -0.481 e. The van der Waals surface area contributed by atoms with Gasteiger partial charge in [-0.3, -0.25) is 4.79 Å². The maximum atomic E-state index is 13.2. The molecule has 0 spiro atoms. The molecule has 4 atom stereocenters. The Bertz CT molecular complexity index is 909. The number of hydrogen-bond acceptors (Lipinski definition) is 3. The predicted octanol–water partition coefficient (Wildman–Crippen LogP) is 5.69. The van der Waals surface area contributed by atoms with Gasteiger partial charge in [0.1, 0.15) is 0 Å². The lowest BCUT2D eigenvalue weighted by atomic mass is 9.80. The van der Waals surface area contributed by atoms with E-state index in [0.717, 1.165) is 0 Å². The van der Waals surface area contributed by atoms with Crippen LogP contribution in [0.4, 0.5) is 26.3 Å². The first-order valence-electron chi connectivity index (χ1n) is 9.68. The van der Waals surface area contributed by atoms with Gasteiger partial charge in [-0.1, -0.05) is 30.3 Å². The van der Waals surface area contributed by atoms with Crippen LogP contribution in [0.1, 0.15) is 41.2 Å². The maximum Gasteiger partial charge on any atom is 0.416 e. The number of halogens is 6. The van der Waals surface area contributed by atoms with Gasteiger partial charge in [-0.2, -0.15) is 26.3 Å². The third-order valence-electron chi connectivity index (χ3n) is 5.37. The lowest BCUT2D eigenvalue weighted by Gasteiger charge is -2.37. The number of carboxylic acids is 1. The number of benzene rings is 2. The van der Waals surface area contributed by atoms with Crippen LogP contribution in [0.15, 0.2) is 48.5 Å². The highest BCUT2D eigenvalue weighted by Crippen LogP contribution is 2.40. The fourth-order valence-corrected chi connectivity index (χ4v) is 3.80. The Hall–Kier alpha value is -2.59. The third-order valence-corrected chi connectivity index (χ3v) is 5.37. The Kier molecular flexibility index (Phi) is 6.85. The largest absolute Gasteiger partial charge is 0.481 e. The molecule has 0 aromatic heterocycles. The summed E-state index contributed by atoms with van der Waals surface area (Å²) in [5.41, 5.74) is -2.58. The van der Waals surface area contributed by atoms with Crippen LogP contribution < -0.4 is 0 Å². The number of aliphatic carboxylic acids is 1. The van der Waals surface area contributed by atoms with E-state index in [1.54, 1.807) is 30.3 Å². The molecule has 1 fully saturated rings. The van der Waals surface area contributed by atoms with E-state index in [4.69, 9.17) is 9.47 Å². The zero-order valence-corrected chi connectivity index (χ0v) is 16.8. The molecule has 1 aliphatic heterocycles. The zero-order valence-electron chi connectivity index (χ0n) is 16.8. The molecule has 2 aromatic rings. The number of alkyl halides is 6. The molecule has 174 valence electrons. The van der Waals surface area contributed by atoms with Gasteiger partial charge >= 0.3 is 18.3 Å². The van der Waals surface area contributed by atoms with E-state index in [2.05, 4.69) is 0 Å². The fourth-order valence-electron chi connectivity index (χ4n) is 3.80. The number of ether oxygens (including phenoxy) is 2. The standard InChI is InChI=1S/C22H20F6O4/c1-12(14-7-15(21(23,24)25)9-16(8-14)22(26,27)28)32-18-11-31-10-17(20(29)30)19(18)13-5-3-2-4-6-13/h2-9,12,17-19H,10-11H2,1H3,(H,29,30)/t12-,17-,18+,19+/m1/s1. The van der Waals surface area contributed by atoms with Crippen molar-refractivity contribution in [1.29, 1.82) is 0 Å². The van der Waals surface area contributed by atoms with Gasteiger partial charge in [-0.15, -0.1) is 0 Å². The summed E-state index contributed by atoms with van der Waals surface area (Å²) in [7, 11) is 0. The Morgan fingerprint density at radius 1 is 1.00 bits per heavy atom. The molecule has 1 saturated heterocycles. The van der Waals surface area contributed by atoms with Crippen molar-refractivity contribution < 1.29 is 45.7 Å². The number of hydrogen-bond donors (Lipinski definition) is 1. The van der Waals surface area contributed by atoms with Gasteiger partial charge in [0.2, 0.25) is 0 Å². The van der Waals surface area contributed by atoms with E-state index in [-0.39, 0.29) is 24.8 Å². The van der Waals surface area contributed by atoms with Crippen molar-refractivity contribution in [3.63, 3.8) is 0 Å². The molecule has 1 N–H and O–H groups in total. The van der Waals surface area contributed by atoms with Crippen LogP contribution in [0.5, 0.6) is 0 Å². The Morgan fingerprint density at radius 3 is 2.06 bits per heavy atom. The predicted molar refractivity (Wildman–Crippen MR) is 101 cm³/mol. The van der Waals surface area contributed by atoms with Crippen molar-refractivity contribution in [2.45, 2.75) is 37.4 Å². The van der Waals surface area contributed by atoms with Gasteiger partial charge in [0.25, 0.3) is 0 Å². The first-order chi connectivity index (χ1) is 14.9. The normalized spacial score (nSPS) is 23.0. The van der Waals surface area contributed by atoms with Crippen molar-refractivity contribution in [3.05, 3.63) is 70.8 Å². The van der Waals surface area contributed by atoms with E-state index in [1.807, 2.05) is 0 Å². The molecule has 4 nitrogen and oxygen atoms in total. The van der Waals surface area contributed by atoms with Gasteiger partial charge in [-0.05, 0) is 36.2 Å². The summed E-state index contributed by atoms with van der Waals surface area (Å²) in [5.74, 6) is -2.83. The van der Waals surface area contributed by atoms with Gasteiger partial charge in [0.15, 0.2) is 0 Å². The summed E-state index contributed by atoms with van der Waals surface area (Å²) in [6.45, 7) is 1.17.